The monoisotopic (exact) mass is 240 g/mol. The van der Waals surface area contributed by atoms with Gasteiger partial charge in [0, 0.05) is 11.3 Å². The van der Waals surface area contributed by atoms with E-state index in [0.29, 0.717) is 23.5 Å². The predicted octanol–water partition coefficient (Wildman–Crippen LogP) is 2.05. The Morgan fingerprint density at radius 3 is 2.69 bits per heavy atom. The maximum atomic E-state index is 6.23. The van der Waals surface area contributed by atoms with Crippen molar-refractivity contribution in [1.29, 1.82) is 0 Å². The van der Waals surface area contributed by atoms with E-state index in [1.807, 2.05) is 20.8 Å². The Bertz CT molecular complexity index is 523. The molecule has 0 aliphatic rings. The minimum Gasteiger partial charge on any atom is -0.463 e. The molecular formula is C10H13ClN4O. The first-order valence-electron chi connectivity index (χ1n) is 5.21. The molecule has 6 heteroatoms. The second-order valence-electron chi connectivity index (χ2n) is 3.36. The smallest absolute Gasteiger partial charge is 0.337 e. The highest BCUT2D eigenvalue weighted by atomic mass is 35.5. The van der Waals surface area contributed by atoms with Crippen LogP contribution in [0.25, 0.3) is 5.78 Å². The Hall–Kier alpha value is -1.36. The summed E-state index contributed by atoms with van der Waals surface area (Å²) in [5.41, 5.74) is 1.87. The van der Waals surface area contributed by atoms with Crippen LogP contribution < -0.4 is 4.74 Å². The maximum absolute atomic E-state index is 6.23. The summed E-state index contributed by atoms with van der Waals surface area (Å²) in [6, 6.07) is 0.310. The number of aromatic nitrogens is 4. The number of hydrogen-bond acceptors (Lipinski definition) is 4. The van der Waals surface area contributed by atoms with Crippen molar-refractivity contribution < 1.29 is 4.74 Å². The van der Waals surface area contributed by atoms with E-state index in [4.69, 9.17) is 16.3 Å². The summed E-state index contributed by atoms with van der Waals surface area (Å²) in [5.74, 6) is 0.475. The number of fused-ring (bicyclic) bond motifs is 1. The average molecular weight is 241 g/mol. The second kappa shape index (κ2) is 4.25. The number of rotatable bonds is 3. The summed E-state index contributed by atoms with van der Waals surface area (Å²) in [6.07, 6.45) is 0.817. The molecule has 2 aromatic heterocycles. The Morgan fingerprint density at radius 2 is 2.06 bits per heavy atom. The Balaban J connectivity index is 2.63. The maximum Gasteiger partial charge on any atom is 0.337 e. The molecule has 2 rings (SSSR count). The molecule has 0 fully saturated rings. The van der Waals surface area contributed by atoms with Gasteiger partial charge in [0.05, 0.1) is 6.61 Å². The molecule has 0 amide bonds. The van der Waals surface area contributed by atoms with Crippen molar-refractivity contribution in [2.24, 2.45) is 0 Å². The van der Waals surface area contributed by atoms with Crippen LogP contribution in [0.2, 0.25) is 5.15 Å². The zero-order valence-electron chi connectivity index (χ0n) is 9.49. The van der Waals surface area contributed by atoms with Crippen LogP contribution in [0, 0.1) is 6.92 Å². The summed E-state index contributed by atoms with van der Waals surface area (Å²) in [5, 5.41) is 4.70. The Morgan fingerprint density at radius 1 is 1.31 bits per heavy atom. The van der Waals surface area contributed by atoms with E-state index >= 15 is 0 Å². The van der Waals surface area contributed by atoms with E-state index in [9.17, 15) is 0 Å². The molecular weight excluding hydrogens is 228 g/mol. The fourth-order valence-electron chi connectivity index (χ4n) is 1.58. The van der Waals surface area contributed by atoms with E-state index < -0.39 is 0 Å². The Kier molecular flexibility index (Phi) is 2.96. The lowest BCUT2D eigenvalue weighted by Gasteiger charge is -2.04. The molecule has 0 atom stereocenters. The third-order valence-electron chi connectivity index (χ3n) is 2.34. The summed E-state index contributed by atoms with van der Waals surface area (Å²) in [7, 11) is 0. The van der Waals surface area contributed by atoms with Crippen molar-refractivity contribution in [3.8, 4) is 6.01 Å². The molecule has 0 aromatic carbocycles. The fourth-order valence-corrected chi connectivity index (χ4v) is 1.96. The van der Waals surface area contributed by atoms with Crippen molar-refractivity contribution >= 4 is 17.4 Å². The standard InChI is InChI=1S/C10H13ClN4O/c1-4-7-6(3)12-9-13-10(16-5-2)14-15(9)8(7)11/h4-5H2,1-3H3. The first kappa shape index (κ1) is 11.1. The molecule has 0 radical (unpaired) electrons. The summed E-state index contributed by atoms with van der Waals surface area (Å²) >= 11 is 6.23. The molecule has 0 spiro atoms. The van der Waals surface area contributed by atoms with E-state index in [1.54, 1.807) is 0 Å². The van der Waals surface area contributed by atoms with Gasteiger partial charge in [-0.25, -0.2) is 4.98 Å². The molecule has 0 aliphatic heterocycles. The van der Waals surface area contributed by atoms with Crippen LogP contribution in [-0.2, 0) is 6.42 Å². The van der Waals surface area contributed by atoms with Gasteiger partial charge >= 0.3 is 6.01 Å². The molecule has 86 valence electrons. The van der Waals surface area contributed by atoms with Crippen molar-refractivity contribution in [3.05, 3.63) is 16.4 Å². The second-order valence-corrected chi connectivity index (χ2v) is 3.72. The van der Waals surface area contributed by atoms with Gasteiger partial charge < -0.3 is 4.74 Å². The normalized spacial score (nSPS) is 11.0. The molecule has 2 aromatic rings. The lowest BCUT2D eigenvalue weighted by atomic mass is 10.2. The number of ether oxygens (including phenoxy) is 1. The van der Waals surface area contributed by atoms with Gasteiger partial charge in [0.1, 0.15) is 5.15 Å². The summed E-state index contributed by atoms with van der Waals surface area (Å²) < 4.78 is 6.73. The lowest BCUT2D eigenvalue weighted by molar-refractivity contribution is 0.313. The SMILES string of the molecule is CCOc1nc2nc(C)c(CC)c(Cl)n2n1. The average Bonchev–Trinajstić information content (AvgIpc) is 2.62. The van der Waals surface area contributed by atoms with E-state index in [2.05, 4.69) is 15.1 Å². The predicted molar refractivity (Wildman–Crippen MR) is 61.1 cm³/mol. The molecule has 5 nitrogen and oxygen atoms in total. The van der Waals surface area contributed by atoms with E-state index in [1.165, 1.54) is 4.52 Å². The van der Waals surface area contributed by atoms with Crippen LogP contribution in [0.1, 0.15) is 25.1 Å². The van der Waals surface area contributed by atoms with Gasteiger partial charge in [0.2, 0.25) is 0 Å². The third kappa shape index (κ3) is 1.71. The minimum atomic E-state index is 0.310. The highest BCUT2D eigenvalue weighted by Crippen LogP contribution is 2.21. The number of aryl methyl sites for hydroxylation is 1. The molecule has 2 heterocycles. The van der Waals surface area contributed by atoms with Gasteiger partial charge in [-0.3, -0.25) is 0 Å². The quantitative estimate of drug-likeness (QED) is 0.771. The molecule has 0 aliphatic carbocycles. The number of hydrogen-bond donors (Lipinski definition) is 0. The van der Waals surface area contributed by atoms with Gasteiger partial charge in [-0.2, -0.15) is 9.50 Å². The van der Waals surface area contributed by atoms with Gasteiger partial charge in [-0.15, -0.1) is 5.10 Å². The van der Waals surface area contributed by atoms with Crippen LogP contribution >= 0.6 is 11.6 Å². The third-order valence-corrected chi connectivity index (χ3v) is 2.73. The molecule has 16 heavy (non-hydrogen) atoms. The van der Waals surface area contributed by atoms with E-state index in [-0.39, 0.29) is 0 Å². The fraction of sp³-hybridized carbons (Fsp3) is 0.500. The van der Waals surface area contributed by atoms with Gasteiger partial charge in [0.15, 0.2) is 0 Å². The highest BCUT2D eigenvalue weighted by molar-refractivity contribution is 6.30. The minimum absolute atomic E-state index is 0.310. The largest absolute Gasteiger partial charge is 0.463 e. The van der Waals surface area contributed by atoms with Gasteiger partial charge in [-0.1, -0.05) is 18.5 Å². The molecule has 0 saturated heterocycles. The first-order chi connectivity index (χ1) is 7.67. The zero-order chi connectivity index (χ0) is 11.7. The highest BCUT2D eigenvalue weighted by Gasteiger charge is 2.13. The molecule has 0 N–H and O–H groups in total. The van der Waals surface area contributed by atoms with Crippen molar-refractivity contribution in [3.63, 3.8) is 0 Å². The van der Waals surface area contributed by atoms with Gasteiger partial charge in [-0.05, 0) is 20.3 Å². The first-order valence-corrected chi connectivity index (χ1v) is 5.59. The molecule has 0 unspecified atom stereocenters. The van der Waals surface area contributed by atoms with E-state index in [0.717, 1.165) is 17.7 Å². The summed E-state index contributed by atoms with van der Waals surface area (Å²) in [6.45, 7) is 6.35. The van der Waals surface area contributed by atoms with Crippen molar-refractivity contribution in [2.45, 2.75) is 27.2 Å². The topological polar surface area (TPSA) is 52.3 Å². The van der Waals surface area contributed by atoms with Crippen LogP contribution in [0.3, 0.4) is 0 Å². The van der Waals surface area contributed by atoms with Crippen molar-refractivity contribution in [2.75, 3.05) is 6.61 Å². The van der Waals surface area contributed by atoms with Crippen LogP contribution in [-0.4, -0.2) is 26.2 Å². The number of nitrogens with zero attached hydrogens (tertiary/aromatic N) is 4. The zero-order valence-corrected chi connectivity index (χ0v) is 10.2. The lowest BCUT2D eigenvalue weighted by Crippen LogP contribution is -2.01. The van der Waals surface area contributed by atoms with Crippen LogP contribution in [0.5, 0.6) is 6.01 Å². The molecule has 0 bridgehead atoms. The van der Waals surface area contributed by atoms with Gasteiger partial charge in [0.25, 0.3) is 5.78 Å². The van der Waals surface area contributed by atoms with Crippen molar-refractivity contribution in [1.82, 2.24) is 19.6 Å². The molecule has 0 saturated carbocycles. The number of halogens is 1. The Labute approximate surface area is 98.4 Å². The van der Waals surface area contributed by atoms with Crippen LogP contribution in [0.15, 0.2) is 0 Å². The van der Waals surface area contributed by atoms with Crippen LogP contribution in [0.4, 0.5) is 0 Å². The summed E-state index contributed by atoms with van der Waals surface area (Å²) in [4.78, 5) is 8.47.